The summed E-state index contributed by atoms with van der Waals surface area (Å²) in [5, 5.41) is 17.7. The molecule has 0 aliphatic heterocycles. The minimum atomic E-state index is -0.206. The molecule has 0 atom stereocenters. The number of rotatable bonds is 10. The van der Waals surface area contributed by atoms with E-state index in [2.05, 4.69) is 31.0 Å². The van der Waals surface area contributed by atoms with Crippen molar-refractivity contribution in [2.45, 2.75) is 18.7 Å². The summed E-state index contributed by atoms with van der Waals surface area (Å²) >= 11 is 2.53. The van der Waals surface area contributed by atoms with E-state index in [1.165, 1.54) is 16.0 Å². The Morgan fingerprint density at radius 3 is 2.79 bits per heavy atom. The van der Waals surface area contributed by atoms with Crippen LogP contribution in [-0.4, -0.2) is 37.7 Å². The number of aryl methyl sites for hydroxylation is 1. The Hall–Kier alpha value is -3.90. The molecule has 2 aromatic heterocycles. The van der Waals surface area contributed by atoms with Crippen LogP contribution in [0.1, 0.15) is 16.8 Å². The molecule has 0 fully saturated rings. The van der Waals surface area contributed by atoms with Crippen LogP contribution in [0.15, 0.2) is 70.2 Å². The number of carbonyl (C=O) groups excluding carboxylic acids is 1. The minimum absolute atomic E-state index is 0.114. The molecule has 2 heterocycles. The molecule has 0 aliphatic carbocycles. The molecule has 0 unspecified atom stereocenters. The van der Waals surface area contributed by atoms with Crippen LogP contribution in [0.25, 0.3) is 0 Å². The number of aromatic nitrogens is 4. The largest absolute Gasteiger partial charge is 0.488 e. The van der Waals surface area contributed by atoms with E-state index in [-0.39, 0.29) is 17.6 Å². The average Bonchev–Trinajstić information content (AvgIpc) is 3.42. The Labute approximate surface area is 204 Å². The molecule has 1 amide bonds. The van der Waals surface area contributed by atoms with Gasteiger partial charge in [-0.15, -0.1) is 21.5 Å². The van der Waals surface area contributed by atoms with E-state index in [1.54, 1.807) is 6.21 Å². The standard InChI is InChI=1S/C22H22N8O2S2/c1-15-13-33-21(25-15)26-19(31)14-34-22-29-28-20(30(22)23)27-24-11-17-9-5-6-10-18(17)32-12-16-7-3-2-4-8-16/h2-11,13H,12,14,23H2,1H3,(H,27,28)(H,25,26,31)/b24-11+. The smallest absolute Gasteiger partial charge is 0.264 e. The van der Waals surface area contributed by atoms with Crippen LogP contribution in [0.5, 0.6) is 5.75 Å². The topological polar surface area (TPSA) is 132 Å². The first kappa shape index (κ1) is 23.3. The van der Waals surface area contributed by atoms with Gasteiger partial charge in [-0.05, 0) is 24.6 Å². The number of nitrogen functional groups attached to an aromatic ring is 1. The summed E-state index contributed by atoms with van der Waals surface area (Å²) in [6.45, 7) is 2.32. The van der Waals surface area contributed by atoms with Gasteiger partial charge in [0.15, 0.2) is 5.13 Å². The number of hydrazone groups is 1. The molecule has 10 nitrogen and oxygen atoms in total. The number of nitrogens with two attached hydrogens (primary N) is 1. The van der Waals surface area contributed by atoms with Gasteiger partial charge in [-0.3, -0.25) is 4.79 Å². The third kappa shape index (κ3) is 6.33. The first-order valence-electron chi connectivity index (χ1n) is 10.2. The molecular weight excluding hydrogens is 472 g/mol. The number of amides is 1. The molecule has 4 N–H and O–H groups in total. The van der Waals surface area contributed by atoms with E-state index in [1.807, 2.05) is 66.9 Å². The highest BCUT2D eigenvalue weighted by Crippen LogP contribution is 2.20. The van der Waals surface area contributed by atoms with Crippen LogP contribution in [0.2, 0.25) is 0 Å². The third-order valence-electron chi connectivity index (χ3n) is 4.39. The molecule has 174 valence electrons. The monoisotopic (exact) mass is 494 g/mol. The van der Waals surface area contributed by atoms with Gasteiger partial charge in [0.05, 0.1) is 17.7 Å². The molecule has 0 aliphatic rings. The fourth-order valence-electron chi connectivity index (χ4n) is 2.76. The molecule has 4 rings (SSSR count). The minimum Gasteiger partial charge on any atom is -0.488 e. The molecular formula is C22H22N8O2S2. The van der Waals surface area contributed by atoms with Crippen molar-refractivity contribution in [1.82, 2.24) is 19.9 Å². The summed E-state index contributed by atoms with van der Waals surface area (Å²) in [7, 11) is 0. The summed E-state index contributed by atoms with van der Waals surface area (Å²) in [5.41, 5.74) is 5.49. The van der Waals surface area contributed by atoms with Crippen molar-refractivity contribution >= 4 is 46.3 Å². The zero-order valence-corrected chi connectivity index (χ0v) is 19.8. The van der Waals surface area contributed by atoms with Crippen LogP contribution < -0.4 is 21.3 Å². The number of nitrogens with zero attached hydrogens (tertiary/aromatic N) is 5. The summed E-state index contributed by atoms with van der Waals surface area (Å²) in [5.74, 6) is 6.87. The number of thiazole rings is 1. The van der Waals surface area contributed by atoms with Crippen LogP contribution >= 0.6 is 23.1 Å². The Kier molecular flexibility index (Phi) is 7.73. The SMILES string of the molecule is Cc1csc(NC(=O)CSc2nnc(N/N=C/c3ccccc3OCc3ccccc3)n2N)n1. The zero-order valence-electron chi connectivity index (χ0n) is 18.2. The van der Waals surface area contributed by atoms with Crippen molar-refractivity contribution in [3.63, 3.8) is 0 Å². The number of hydrogen-bond acceptors (Lipinski definition) is 10. The third-order valence-corrected chi connectivity index (χ3v) is 6.21. The number of ether oxygens (including phenoxy) is 1. The second kappa shape index (κ2) is 11.3. The Bertz CT molecular complexity index is 1270. The fraction of sp³-hybridized carbons (Fsp3) is 0.136. The molecule has 12 heteroatoms. The Morgan fingerprint density at radius 1 is 1.21 bits per heavy atom. The van der Waals surface area contributed by atoms with E-state index in [9.17, 15) is 4.79 Å². The number of carbonyl (C=O) groups is 1. The van der Waals surface area contributed by atoms with Gasteiger partial charge in [-0.1, -0.05) is 54.2 Å². The maximum Gasteiger partial charge on any atom is 0.264 e. The van der Waals surface area contributed by atoms with E-state index < -0.39 is 0 Å². The van der Waals surface area contributed by atoms with Gasteiger partial charge in [0.2, 0.25) is 11.1 Å². The van der Waals surface area contributed by atoms with Crippen molar-refractivity contribution in [2.24, 2.45) is 5.10 Å². The molecule has 0 saturated carbocycles. The summed E-state index contributed by atoms with van der Waals surface area (Å²) < 4.78 is 7.17. The van der Waals surface area contributed by atoms with E-state index in [0.29, 0.717) is 22.6 Å². The molecule has 0 spiro atoms. The highest BCUT2D eigenvalue weighted by Gasteiger charge is 2.13. The Morgan fingerprint density at radius 2 is 2.00 bits per heavy atom. The molecule has 4 aromatic rings. The first-order chi connectivity index (χ1) is 16.6. The van der Waals surface area contributed by atoms with Gasteiger partial charge in [0.25, 0.3) is 5.95 Å². The number of benzene rings is 2. The van der Waals surface area contributed by atoms with Gasteiger partial charge in [0, 0.05) is 10.9 Å². The second-order valence-electron chi connectivity index (χ2n) is 6.99. The lowest BCUT2D eigenvalue weighted by atomic mass is 10.2. The van der Waals surface area contributed by atoms with E-state index in [0.717, 1.165) is 28.6 Å². The van der Waals surface area contributed by atoms with Crippen molar-refractivity contribution in [2.75, 3.05) is 22.3 Å². The van der Waals surface area contributed by atoms with Crippen LogP contribution in [0, 0.1) is 6.92 Å². The van der Waals surface area contributed by atoms with Gasteiger partial charge < -0.3 is 15.9 Å². The van der Waals surface area contributed by atoms with Gasteiger partial charge in [0.1, 0.15) is 12.4 Å². The van der Waals surface area contributed by atoms with Crippen molar-refractivity contribution < 1.29 is 9.53 Å². The number of nitrogens with one attached hydrogen (secondary N) is 2. The summed E-state index contributed by atoms with van der Waals surface area (Å²) in [4.78, 5) is 16.3. The first-order valence-corrected chi connectivity index (χ1v) is 12.0. The lowest BCUT2D eigenvalue weighted by Crippen LogP contribution is -2.16. The molecule has 0 radical (unpaired) electrons. The van der Waals surface area contributed by atoms with E-state index in [4.69, 9.17) is 10.6 Å². The van der Waals surface area contributed by atoms with Crippen molar-refractivity contribution in [3.8, 4) is 5.75 Å². The highest BCUT2D eigenvalue weighted by molar-refractivity contribution is 7.99. The number of para-hydroxylation sites is 1. The molecule has 0 saturated heterocycles. The van der Waals surface area contributed by atoms with E-state index >= 15 is 0 Å². The second-order valence-corrected chi connectivity index (χ2v) is 8.79. The number of thioether (sulfide) groups is 1. The number of anilines is 2. The average molecular weight is 495 g/mol. The lowest BCUT2D eigenvalue weighted by Gasteiger charge is -2.09. The van der Waals surface area contributed by atoms with Crippen molar-refractivity contribution in [3.05, 3.63) is 76.8 Å². The summed E-state index contributed by atoms with van der Waals surface area (Å²) in [6, 6.07) is 17.5. The van der Waals surface area contributed by atoms with Gasteiger partial charge in [-0.25, -0.2) is 15.1 Å². The maximum absolute atomic E-state index is 12.1. The van der Waals surface area contributed by atoms with Crippen LogP contribution in [0.4, 0.5) is 11.1 Å². The predicted molar refractivity (Wildman–Crippen MR) is 135 cm³/mol. The van der Waals surface area contributed by atoms with Gasteiger partial charge in [-0.2, -0.15) is 5.10 Å². The highest BCUT2D eigenvalue weighted by atomic mass is 32.2. The zero-order chi connectivity index (χ0) is 23.8. The number of hydrogen-bond donors (Lipinski definition) is 3. The predicted octanol–water partition coefficient (Wildman–Crippen LogP) is 3.51. The van der Waals surface area contributed by atoms with Crippen LogP contribution in [0.3, 0.4) is 0 Å². The molecule has 34 heavy (non-hydrogen) atoms. The molecule has 0 bridgehead atoms. The van der Waals surface area contributed by atoms with Gasteiger partial charge >= 0.3 is 0 Å². The maximum atomic E-state index is 12.1. The lowest BCUT2D eigenvalue weighted by molar-refractivity contribution is -0.113. The normalized spacial score (nSPS) is 11.0. The fourth-order valence-corrected chi connectivity index (χ4v) is 4.12. The van der Waals surface area contributed by atoms with Crippen molar-refractivity contribution in [1.29, 1.82) is 0 Å². The molecule has 2 aromatic carbocycles. The Balaban J connectivity index is 1.31. The summed E-state index contributed by atoms with van der Waals surface area (Å²) in [6.07, 6.45) is 1.62. The quantitative estimate of drug-likeness (QED) is 0.132. The van der Waals surface area contributed by atoms with Crippen LogP contribution in [-0.2, 0) is 11.4 Å².